The molecule has 1 amide bonds. The molecule has 0 rings (SSSR count). The predicted octanol–water partition coefficient (Wildman–Crippen LogP) is 0.830. The minimum absolute atomic E-state index is 0.0465. The molecule has 4 nitrogen and oxygen atoms in total. The molecule has 0 atom stereocenters. The van der Waals surface area contributed by atoms with Crippen LogP contribution in [-0.4, -0.2) is 37.0 Å². The highest BCUT2D eigenvalue weighted by Gasteiger charge is 2.10. The average Bonchev–Trinajstić information content (AvgIpc) is 2.04. The maximum atomic E-state index is 11.0. The highest BCUT2D eigenvalue weighted by molar-refractivity contribution is 5.71. The van der Waals surface area contributed by atoms with E-state index in [-0.39, 0.29) is 6.54 Å². The van der Waals surface area contributed by atoms with Gasteiger partial charge in [0.05, 0.1) is 13.2 Å². The standard InChI is InChI=1S/C8H13NO3/c1-3-5-9(6-7-10)8(11)12-4-2/h3,7H,1,4-6H2,2H3. The Kier molecular flexibility index (Phi) is 5.69. The summed E-state index contributed by atoms with van der Waals surface area (Å²) in [7, 11) is 0. The lowest BCUT2D eigenvalue weighted by Crippen LogP contribution is -2.33. The van der Waals surface area contributed by atoms with Crippen molar-refractivity contribution in [1.29, 1.82) is 0 Å². The molecule has 0 aromatic rings. The van der Waals surface area contributed by atoms with E-state index in [4.69, 9.17) is 0 Å². The van der Waals surface area contributed by atoms with E-state index in [1.807, 2.05) is 0 Å². The average molecular weight is 171 g/mol. The Morgan fingerprint density at radius 3 is 2.67 bits per heavy atom. The first-order chi connectivity index (χ1) is 5.76. The highest BCUT2D eigenvalue weighted by atomic mass is 16.6. The summed E-state index contributed by atoms with van der Waals surface area (Å²) < 4.78 is 4.69. The van der Waals surface area contributed by atoms with Crippen LogP contribution < -0.4 is 0 Å². The van der Waals surface area contributed by atoms with Crippen LogP contribution in [0.2, 0.25) is 0 Å². The number of carbonyl (C=O) groups excluding carboxylic acids is 2. The van der Waals surface area contributed by atoms with Crippen LogP contribution in [-0.2, 0) is 9.53 Å². The van der Waals surface area contributed by atoms with Crippen LogP contribution >= 0.6 is 0 Å². The number of ether oxygens (including phenoxy) is 1. The Labute approximate surface area is 71.8 Å². The second kappa shape index (κ2) is 6.39. The van der Waals surface area contributed by atoms with Gasteiger partial charge in [0.25, 0.3) is 0 Å². The molecule has 4 heteroatoms. The molecule has 0 N–H and O–H groups in total. The quantitative estimate of drug-likeness (QED) is 0.454. The van der Waals surface area contributed by atoms with Gasteiger partial charge >= 0.3 is 6.09 Å². The molecule has 0 fully saturated rings. The van der Waals surface area contributed by atoms with Crippen molar-refractivity contribution in [2.75, 3.05) is 19.7 Å². The lowest BCUT2D eigenvalue weighted by molar-refractivity contribution is -0.108. The lowest BCUT2D eigenvalue weighted by atomic mass is 10.5. The SMILES string of the molecule is C=CCN(CC=O)C(=O)OCC. The molecule has 0 aliphatic rings. The number of rotatable bonds is 5. The number of aldehydes is 1. The van der Waals surface area contributed by atoms with Crippen molar-refractivity contribution in [3.05, 3.63) is 12.7 Å². The summed E-state index contributed by atoms with van der Waals surface area (Å²) in [5, 5.41) is 0. The molecule has 0 saturated heterocycles. The fourth-order valence-electron chi connectivity index (χ4n) is 0.684. The van der Waals surface area contributed by atoms with Crippen molar-refractivity contribution >= 4 is 12.4 Å². The zero-order valence-electron chi connectivity index (χ0n) is 7.16. The Morgan fingerprint density at radius 1 is 1.58 bits per heavy atom. The van der Waals surface area contributed by atoms with Crippen molar-refractivity contribution in [3.8, 4) is 0 Å². The summed E-state index contributed by atoms with van der Waals surface area (Å²) >= 11 is 0. The van der Waals surface area contributed by atoms with Gasteiger partial charge in [-0.3, -0.25) is 4.90 Å². The van der Waals surface area contributed by atoms with Gasteiger partial charge < -0.3 is 9.53 Å². The van der Waals surface area contributed by atoms with E-state index < -0.39 is 6.09 Å². The molecule has 0 heterocycles. The highest BCUT2D eigenvalue weighted by Crippen LogP contribution is 1.92. The first-order valence-electron chi connectivity index (χ1n) is 3.72. The summed E-state index contributed by atoms with van der Waals surface area (Å²) in [6.07, 6.45) is 1.71. The smallest absolute Gasteiger partial charge is 0.410 e. The van der Waals surface area contributed by atoms with Gasteiger partial charge in [0.1, 0.15) is 6.29 Å². The third kappa shape index (κ3) is 3.75. The van der Waals surface area contributed by atoms with E-state index in [1.54, 1.807) is 13.0 Å². The molecule has 0 radical (unpaired) electrons. The van der Waals surface area contributed by atoms with E-state index in [1.165, 1.54) is 4.90 Å². The molecule has 0 bridgehead atoms. The molecule has 0 saturated carbocycles. The predicted molar refractivity (Wildman–Crippen MR) is 44.9 cm³/mol. The van der Waals surface area contributed by atoms with E-state index in [2.05, 4.69) is 11.3 Å². The second-order valence-electron chi connectivity index (χ2n) is 2.06. The first kappa shape index (κ1) is 10.7. The van der Waals surface area contributed by atoms with Crippen LogP contribution in [0.15, 0.2) is 12.7 Å². The van der Waals surface area contributed by atoms with Gasteiger partial charge in [-0.15, -0.1) is 6.58 Å². The van der Waals surface area contributed by atoms with Crippen LogP contribution in [0.25, 0.3) is 0 Å². The number of hydrogen-bond donors (Lipinski definition) is 0. The largest absolute Gasteiger partial charge is 0.450 e. The molecule has 0 spiro atoms. The Morgan fingerprint density at radius 2 is 2.25 bits per heavy atom. The van der Waals surface area contributed by atoms with Crippen LogP contribution in [0, 0.1) is 0 Å². The van der Waals surface area contributed by atoms with Gasteiger partial charge in [-0.1, -0.05) is 6.08 Å². The van der Waals surface area contributed by atoms with Gasteiger partial charge in [0.2, 0.25) is 0 Å². The maximum absolute atomic E-state index is 11.0. The van der Waals surface area contributed by atoms with Gasteiger partial charge in [0, 0.05) is 6.54 Å². The van der Waals surface area contributed by atoms with Crippen LogP contribution in [0.3, 0.4) is 0 Å². The second-order valence-corrected chi connectivity index (χ2v) is 2.06. The Hall–Kier alpha value is -1.32. The molecule has 68 valence electrons. The Bertz CT molecular complexity index is 158. The van der Waals surface area contributed by atoms with Crippen molar-refractivity contribution in [2.24, 2.45) is 0 Å². The zero-order valence-corrected chi connectivity index (χ0v) is 7.16. The fraction of sp³-hybridized carbons (Fsp3) is 0.500. The van der Waals surface area contributed by atoms with Gasteiger partial charge in [-0.2, -0.15) is 0 Å². The number of carbonyl (C=O) groups is 2. The van der Waals surface area contributed by atoms with E-state index in [9.17, 15) is 9.59 Å². The van der Waals surface area contributed by atoms with Crippen molar-refractivity contribution in [2.45, 2.75) is 6.92 Å². The number of amides is 1. The number of nitrogens with zero attached hydrogens (tertiary/aromatic N) is 1. The molecule has 0 aromatic heterocycles. The monoisotopic (exact) mass is 171 g/mol. The normalized spacial score (nSPS) is 8.75. The molecular formula is C8H13NO3. The lowest BCUT2D eigenvalue weighted by Gasteiger charge is -2.16. The summed E-state index contributed by atoms with van der Waals surface area (Å²) in [6, 6.07) is 0. The number of hydrogen-bond acceptors (Lipinski definition) is 3. The van der Waals surface area contributed by atoms with E-state index in [0.717, 1.165) is 0 Å². The minimum Gasteiger partial charge on any atom is -0.450 e. The molecule has 0 aliphatic heterocycles. The molecule has 0 aliphatic carbocycles. The van der Waals surface area contributed by atoms with E-state index >= 15 is 0 Å². The summed E-state index contributed by atoms with van der Waals surface area (Å²) in [6.45, 7) is 5.86. The molecule has 0 unspecified atom stereocenters. The van der Waals surface area contributed by atoms with Crippen LogP contribution in [0.5, 0.6) is 0 Å². The summed E-state index contributed by atoms with van der Waals surface area (Å²) in [5.41, 5.74) is 0. The van der Waals surface area contributed by atoms with Crippen molar-refractivity contribution < 1.29 is 14.3 Å². The minimum atomic E-state index is -0.482. The summed E-state index contributed by atoms with van der Waals surface area (Å²) in [4.78, 5) is 22.4. The van der Waals surface area contributed by atoms with Gasteiger partial charge in [0.15, 0.2) is 0 Å². The third-order valence-corrected chi connectivity index (χ3v) is 1.17. The topological polar surface area (TPSA) is 46.6 Å². The van der Waals surface area contributed by atoms with Crippen LogP contribution in [0.4, 0.5) is 4.79 Å². The third-order valence-electron chi connectivity index (χ3n) is 1.17. The molecule has 12 heavy (non-hydrogen) atoms. The van der Waals surface area contributed by atoms with Gasteiger partial charge in [-0.25, -0.2) is 4.79 Å². The van der Waals surface area contributed by atoms with Crippen LogP contribution in [0.1, 0.15) is 6.92 Å². The van der Waals surface area contributed by atoms with Crippen molar-refractivity contribution in [3.63, 3.8) is 0 Å². The molecule has 0 aromatic carbocycles. The Balaban J connectivity index is 3.97. The molecular weight excluding hydrogens is 158 g/mol. The first-order valence-corrected chi connectivity index (χ1v) is 3.72. The fourth-order valence-corrected chi connectivity index (χ4v) is 0.684. The summed E-state index contributed by atoms with van der Waals surface area (Å²) in [5.74, 6) is 0. The zero-order chi connectivity index (χ0) is 9.40. The van der Waals surface area contributed by atoms with Gasteiger partial charge in [-0.05, 0) is 6.92 Å². The van der Waals surface area contributed by atoms with E-state index in [0.29, 0.717) is 19.4 Å². The maximum Gasteiger partial charge on any atom is 0.410 e. The van der Waals surface area contributed by atoms with Crippen molar-refractivity contribution in [1.82, 2.24) is 4.90 Å².